The molecule has 0 aromatic carbocycles. The first-order chi connectivity index (χ1) is 5.70. The van der Waals surface area contributed by atoms with Crippen molar-refractivity contribution in [3.8, 4) is 0 Å². The summed E-state index contributed by atoms with van der Waals surface area (Å²) in [5.41, 5.74) is 7.64. The molecule has 0 aromatic heterocycles. The number of hydrazine groups is 1. The van der Waals surface area contributed by atoms with Crippen LogP contribution < -0.4 is 16.0 Å². The summed E-state index contributed by atoms with van der Waals surface area (Å²) in [4.78, 5) is 2.58. The molecule has 1 aliphatic rings. The third-order valence-electron chi connectivity index (χ3n) is 1.88. The van der Waals surface area contributed by atoms with Crippen LogP contribution in [0.15, 0.2) is 0 Å². The molecule has 1 saturated carbocycles. The van der Waals surface area contributed by atoms with E-state index >= 15 is 0 Å². The maximum absolute atomic E-state index is 11.4. The SMILES string of the molecule is NC(=S)NNS(=O)C1CCCC1. The molecule has 0 saturated heterocycles. The Hall–Kier alpha value is -0.200. The molecule has 1 rings (SSSR count). The second kappa shape index (κ2) is 4.74. The standard InChI is InChI=1S/C6H13N3OS2/c7-6(11)8-9-12(10)5-3-1-2-4-5/h5,9H,1-4H2,(H3,7,8,11). The Morgan fingerprint density at radius 3 is 2.58 bits per heavy atom. The van der Waals surface area contributed by atoms with E-state index in [1.54, 1.807) is 0 Å². The highest BCUT2D eigenvalue weighted by Gasteiger charge is 2.20. The summed E-state index contributed by atoms with van der Waals surface area (Å²) in [6.07, 6.45) is 4.40. The van der Waals surface area contributed by atoms with Gasteiger partial charge in [-0.25, -0.2) is 4.21 Å². The van der Waals surface area contributed by atoms with Gasteiger partial charge in [0.1, 0.15) is 11.0 Å². The van der Waals surface area contributed by atoms with Gasteiger partial charge in [-0.05, 0) is 25.1 Å². The number of hydrogen-bond donors (Lipinski definition) is 3. The average molecular weight is 207 g/mol. The minimum Gasteiger partial charge on any atom is -0.375 e. The molecule has 0 bridgehead atoms. The zero-order valence-corrected chi connectivity index (χ0v) is 8.34. The lowest BCUT2D eigenvalue weighted by Gasteiger charge is -2.10. The number of nitrogens with two attached hydrogens (primary N) is 1. The molecule has 1 fully saturated rings. The maximum Gasteiger partial charge on any atom is 0.178 e. The Morgan fingerprint density at radius 2 is 2.08 bits per heavy atom. The second-order valence-corrected chi connectivity index (χ2v) is 4.70. The number of thiocarbonyl (C=S) groups is 1. The number of rotatable bonds is 3. The highest BCUT2D eigenvalue weighted by Crippen LogP contribution is 2.21. The van der Waals surface area contributed by atoms with Gasteiger partial charge in [0, 0.05) is 0 Å². The van der Waals surface area contributed by atoms with Crippen molar-refractivity contribution in [2.75, 3.05) is 0 Å². The van der Waals surface area contributed by atoms with Crippen molar-refractivity contribution in [1.29, 1.82) is 0 Å². The van der Waals surface area contributed by atoms with E-state index in [4.69, 9.17) is 5.73 Å². The van der Waals surface area contributed by atoms with Crippen molar-refractivity contribution in [1.82, 2.24) is 10.3 Å². The molecule has 0 spiro atoms. The molecule has 70 valence electrons. The molecule has 0 aliphatic heterocycles. The Balaban J connectivity index is 2.23. The molecule has 12 heavy (non-hydrogen) atoms. The van der Waals surface area contributed by atoms with Crippen molar-refractivity contribution >= 4 is 28.3 Å². The fraction of sp³-hybridized carbons (Fsp3) is 0.833. The summed E-state index contributed by atoms with van der Waals surface area (Å²) in [6.45, 7) is 0. The maximum atomic E-state index is 11.4. The summed E-state index contributed by atoms with van der Waals surface area (Å²) in [7, 11) is -1.04. The lowest BCUT2D eigenvalue weighted by molar-refractivity contribution is 0.652. The molecular formula is C6H13N3OS2. The van der Waals surface area contributed by atoms with Gasteiger partial charge in [0.2, 0.25) is 0 Å². The third-order valence-corrected chi connectivity index (χ3v) is 3.36. The topological polar surface area (TPSA) is 67.2 Å². The molecule has 4 N–H and O–H groups in total. The zero-order chi connectivity index (χ0) is 8.97. The van der Waals surface area contributed by atoms with E-state index in [0.29, 0.717) is 0 Å². The number of nitrogens with one attached hydrogen (secondary N) is 2. The van der Waals surface area contributed by atoms with Crippen molar-refractivity contribution in [2.45, 2.75) is 30.9 Å². The highest BCUT2D eigenvalue weighted by atomic mass is 32.2. The van der Waals surface area contributed by atoms with Crippen molar-refractivity contribution in [3.05, 3.63) is 0 Å². The Bertz CT molecular complexity index is 191. The van der Waals surface area contributed by atoms with E-state index in [-0.39, 0.29) is 10.4 Å². The molecule has 4 nitrogen and oxygen atoms in total. The Kier molecular flexibility index (Phi) is 3.90. The van der Waals surface area contributed by atoms with Gasteiger partial charge in [-0.15, -0.1) is 0 Å². The molecular weight excluding hydrogens is 194 g/mol. The van der Waals surface area contributed by atoms with Gasteiger partial charge in [0.05, 0.1) is 5.25 Å². The van der Waals surface area contributed by atoms with Crippen molar-refractivity contribution < 1.29 is 4.21 Å². The minimum atomic E-state index is -1.04. The Labute approximate surface area is 79.8 Å². The molecule has 1 aliphatic carbocycles. The Morgan fingerprint density at radius 1 is 1.50 bits per heavy atom. The van der Waals surface area contributed by atoms with Gasteiger partial charge in [-0.3, -0.25) is 5.43 Å². The van der Waals surface area contributed by atoms with Crippen LogP contribution in [0.3, 0.4) is 0 Å². The highest BCUT2D eigenvalue weighted by molar-refractivity contribution is 7.83. The van der Waals surface area contributed by atoms with Crippen LogP contribution in [0.4, 0.5) is 0 Å². The van der Waals surface area contributed by atoms with Crippen molar-refractivity contribution in [3.63, 3.8) is 0 Å². The smallest absolute Gasteiger partial charge is 0.178 e. The van der Waals surface area contributed by atoms with Crippen LogP contribution in [-0.4, -0.2) is 14.6 Å². The molecule has 0 aromatic rings. The van der Waals surface area contributed by atoms with Crippen LogP contribution >= 0.6 is 12.2 Å². The summed E-state index contributed by atoms with van der Waals surface area (Å²) in [5, 5.41) is 0.383. The fourth-order valence-corrected chi connectivity index (χ4v) is 2.54. The van der Waals surface area contributed by atoms with Crippen LogP contribution in [0.5, 0.6) is 0 Å². The van der Waals surface area contributed by atoms with E-state index in [0.717, 1.165) is 12.8 Å². The normalized spacial score (nSPS) is 20.7. The monoisotopic (exact) mass is 207 g/mol. The van der Waals surface area contributed by atoms with E-state index in [1.807, 2.05) is 0 Å². The largest absolute Gasteiger partial charge is 0.375 e. The molecule has 1 unspecified atom stereocenters. The predicted molar refractivity (Wildman–Crippen MR) is 53.5 cm³/mol. The summed E-state index contributed by atoms with van der Waals surface area (Å²) < 4.78 is 11.4. The van der Waals surface area contributed by atoms with Gasteiger partial charge < -0.3 is 5.73 Å². The minimum absolute atomic E-state index is 0.126. The third kappa shape index (κ3) is 3.04. The van der Waals surface area contributed by atoms with Gasteiger partial charge in [0.25, 0.3) is 0 Å². The van der Waals surface area contributed by atoms with Gasteiger partial charge in [0.15, 0.2) is 5.11 Å². The summed E-state index contributed by atoms with van der Waals surface area (Å²) in [5.74, 6) is 0. The summed E-state index contributed by atoms with van der Waals surface area (Å²) in [6, 6.07) is 0. The van der Waals surface area contributed by atoms with Gasteiger partial charge >= 0.3 is 0 Å². The van der Waals surface area contributed by atoms with Gasteiger partial charge in [-0.2, -0.15) is 4.83 Å². The molecule has 6 heteroatoms. The van der Waals surface area contributed by atoms with E-state index < -0.39 is 11.0 Å². The van der Waals surface area contributed by atoms with Crippen LogP contribution in [0.25, 0.3) is 0 Å². The predicted octanol–water partition coefficient (Wildman–Crippen LogP) is -0.0695. The van der Waals surface area contributed by atoms with E-state index in [2.05, 4.69) is 22.5 Å². The first-order valence-electron chi connectivity index (χ1n) is 3.92. The lowest BCUT2D eigenvalue weighted by atomic mass is 10.4. The molecule has 0 radical (unpaired) electrons. The summed E-state index contributed by atoms with van der Waals surface area (Å²) >= 11 is 4.56. The molecule has 0 amide bonds. The molecule has 1 atom stereocenters. The van der Waals surface area contributed by atoms with Gasteiger partial charge in [-0.1, -0.05) is 12.8 Å². The number of hydrogen-bond acceptors (Lipinski definition) is 2. The quantitative estimate of drug-likeness (QED) is 0.448. The van der Waals surface area contributed by atoms with E-state index in [1.165, 1.54) is 12.8 Å². The van der Waals surface area contributed by atoms with Crippen LogP contribution in [0.2, 0.25) is 0 Å². The zero-order valence-electron chi connectivity index (χ0n) is 6.71. The average Bonchev–Trinajstić information content (AvgIpc) is 2.51. The second-order valence-electron chi connectivity index (χ2n) is 2.80. The lowest BCUT2D eigenvalue weighted by Crippen LogP contribution is -2.44. The van der Waals surface area contributed by atoms with Crippen LogP contribution in [0, 0.1) is 0 Å². The van der Waals surface area contributed by atoms with E-state index in [9.17, 15) is 4.21 Å². The van der Waals surface area contributed by atoms with Crippen LogP contribution in [-0.2, 0) is 11.0 Å². The first-order valence-corrected chi connectivity index (χ1v) is 5.54. The van der Waals surface area contributed by atoms with Crippen molar-refractivity contribution in [2.24, 2.45) is 5.73 Å². The fourth-order valence-electron chi connectivity index (χ4n) is 1.29. The first kappa shape index (κ1) is 9.88. The molecule has 0 heterocycles. The van der Waals surface area contributed by atoms with Crippen LogP contribution in [0.1, 0.15) is 25.7 Å².